The summed E-state index contributed by atoms with van der Waals surface area (Å²) in [4.78, 5) is 11.7. The van der Waals surface area contributed by atoms with E-state index in [1.807, 2.05) is 24.3 Å². The first-order valence-electron chi connectivity index (χ1n) is 8.82. The Labute approximate surface area is 158 Å². The minimum atomic E-state index is -3.62. The molecule has 2 aromatic carbocycles. The third-order valence-corrected chi connectivity index (χ3v) is 6.88. The number of ether oxygens (including phenoxy) is 1. The van der Waals surface area contributed by atoms with Gasteiger partial charge in [-0.2, -0.15) is 4.31 Å². The molecule has 0 spiro atoms. The Balaban J connectivity index is 1.72. The predicted octanol–water partition coefficient (Wildman–Crippen LogP) is 3.11. The van der Waals surface area contributed by atoms with E-state index in [1.165, 1.54) is 23.5 Å². The number of halogens is 1. The van der Waals surface area contributed by atoms with Crippen molar-refractivity contribution >= 4 is 16.0 Å². The minimum Gasteiger partial charge on any atom is -0.469 e. The van der Waals surface area contributed by atoms with E-state index in [0.717, 1.165) is 23.3 Å². The van der Waals surface area contributed by atoms with Gasteiger partial charge in [0, 0.05) is 13.1 Å². The topological polar surface area (TPSA) is 63.7 Å². The van der Waals surface area contributed by atoms with Crippen LogP contribution >= 0.6 is 0 Å². The van der Waals surface area contributed by atoms with Crippen LogP contribution < -0.4 is 0 Å². The molecule has 1 heterocycles. The van der Waals surface area contributed by atoms with Crippen LogP contribution in [0, 0.1) is 5.82 Å². The molecule has 0 N–H and O–H groups in total. The summed E-state index contributed by atoms with van der Waals surface area (Å²) in [6.45, 7) is 0.772. The summed E-state index contributed by atoms with van der Waals surface area (Å²) in [7, 11) is -2.26. The number of esters is 1. The average molecular weight is 391 g/mol. The van der Waals surface area contributed by atoms with Gasteiger partial charge in [-0.3, -0.25) is 4.79 Å². The van der Waals surface area contributed by atoms with Gasteiger partial charge in [0.2, 0.25) is 10.0 Å². The van der Waals surface area contributed by atoms with Crippen molar-refractivity contribution in [1.29, 1.82) is 0 Å². The number of piperidine rings is 1. The maximum Gasteiger partial charge on any atom is 0.309 e. The van der Waals surface area contributed by atoms with E-state index in [-0.39, 0.29) is 23.2 Å². The molecule has 0 unspecified atom stereocenters. The molecule has 5 nitrogen and oxygen atoms in total. The number of hydrogen-bond donors (Lipinski definition) is 0. The van der Waals surface area contributed by atoms with Gasteiger partial charge in [0.1, 0.15) is 5.82 Å². The van der Waals surface area contributed by atoms with E-state index in [1.54, 1.807) is 0 Å². The molecule has 1 aliphatic heterocycles. The third-order valence-electron chi connectivity index (χ3n) is 4.96. The minimum absolute atomic E-state index is 0.105. The lowest BCUT2D eigenvalue weighted by atomic mass is 9.86. The van der Waals surface area contributed by atoms with Gasteiger partial charge in [-0.25, -0.2) is 12.8 Å². The van der Waals surface area contributed by atoms with Crippen LogP contribution in [0.3, 0.4) is 0 Å². The standard InChI is InChI=1S/C20H22FNO4S/c1-26-20(23)14-16-4-2-3-5-19(16)15-10-12-22(13-11-15)27(24,25)18-8-6-17(21)7-9-18/h2-9,15H,10-14H2,1H3. The summed E-state index contributed by atoms with van der Waals surface area (Å²) in [6.07, 6.45) is 1.54. The fraction of sp³-hybridized carbons (Fsp3) is 0.350. The van der Waals surface area contributed by atoms with Crippen LogP contribution in [0.4, 0.5) is 4.39 Å². The number of benzene rings is 2. The highest BCUT2D eigenvalue weighted by atomic mass is 32.2. The summed E-state index contributed by atoms with van der Waals surface area (Å²) < 4.78 is 44.7. The highest BCUT2D eigenvalue weighted by Crippen LogP contribution is 2.32. The van der Waals surface area contributed by atoms with Gasteiger partial charge in [-0.1, -0.05) is 24.3 Å². The van der Waals surface area contributed by atoms with E-state index in [2.05, 4.69) is 0 Å². The van der Waals surface area contributed by atoms with Crippen molar-refractivity contribution in [3.63, 3.8) is 0 Å². The zero-order chi connectivity index (χ0) is 19.4. The second-order valence-electron chi connectivity index (χ2n) is 6.58. The van der Waals surface area contributed by atoms with Crippen molar-refractivity contribution in [3.8, 4) is 0 Å². The molecule has 27 heavy (non-hydrogen) atoms. The molecule has 0 atom stereocenters. The molecule has 0 aromatic heterocycles. The molecule has 2 aromatic rings. The first kappa shape index (κ1) is 19.5. The molecular formula is C20H22FNO4S. The Morgan fingerprint density at radius 2 is 1.74 bits per heavy atom. The number of hydrogen-bond acceptors (Lipinski definition) is 4. The second kappa shape index (κ2) is 8.19. The number of sulfonamides is 1. The van der Waals surface area contributed by atoms with Gasteiger partial charge in [-0.05, 0) is 54.2 Å². The molecule has 1 fully saturated rings. The van der Waals surface area contributed by atoms with Crippen molar-refractivity contribution in [1.82, 2.24) is 4.31 Å². The van der Waals surface area contributed by atoms with E-state index in [9.17, 15) is 17.6 Å². The molecule has 0 aliphatic carbocycles. The average Bonchev–Trinajstić information content (AvgIpc) is 2.69. The monoisotopic (exact) mass is 391 g/mol. The molecular weight excluding hydrogens is 369 g/mol. The Morgan fingerprint density at radius 1 is 1.11 bits per heavy atom. The van der Waals surface area contributed by atoms with Crippen molar-refractivity contribution in [2.45, 2.75) is 30.1 Å². The van der Waals surface area contributed by atoms with Crippen LogP contribution in [-0.4, -0.2) is 38.9 Å². The molecule has 3 rings (SSSR count). The quantitative estimate of drug-likeness (QED) is 0.735. The Bertz CT molecular complexity index is 904. The zero-order valence-corrected chi connectivity index (χ0v) is 15.9. The molecule has 7 heteroatoms. The summed E-state index contributed by atoms with van der Waals surface area (Å²) >= 11 is 0. The maximum atomic E-state index is 13.1. The fourth-order valence-electron chi connectivity index (χ4n) is 3.48. The molecule has 0 bridgehead atoms. The summed E-state index contributed by atoms with van der Waals surface area (Å²) in [5.41, 5.74) is 1.99. The third kappa shape index (κ3) is 4.36. The highest BCUT2D eigenvalue weighted by molar-refractivity contribution is 7.89. The number of methoxy groups -OCH3 is 1. The summed E-state index contributed by atoms with van der Waals surface area (Å²) in [5.74, 6) is -0.570. The Morgan fingerprint density at radius 3 is 2.37 bits per heavy atom. The van der Waals surface area contributed by atoms with Crippen molar-refractivity contribution in [2.75, 3.05) is 20.2 Å². The molecule has 0 radical (unpaired) electrons. The predicted molar refractivity (Wildman–Crippen MR) is 99.3 cm³/mol. The lowest BCUT2D eigenvalue weighted by Gasteiger charge is -2.32. The van der Waals surface area contributed by atoms with Crippen molar-refractivity contribution in [2.24, 2.45) is 0 Å². The van der Waals surface area contributed by atoms with Gasteiger partial charge in [0.15, 0.2) is 0 Å². The Kier molecular flexibility index (Phi) is 5.92. The van der Waals surface area contributed by atoms with E-state index in [0.29, 0.717) is 25.9 Å². The van der Waals surface area contributed by atoms with Crippen LogP contribution in [-0.2, 0) is 26.0 Å². The van der Waals surface area contributed by atoms with E-state index in [4.69, 9.17) is 4.74 Å². The van der Waals surface area contributed by atoms with Crippen LogP contribution in [0.5, 0.6) is 0 Å². The van der Waals surface area contributed by atoms with Crippen LogP contribution in [0.25, 0.3) is 0 Å². The van der Waals surface area contributed by atoms with Gasteiger partial charge in [0.05, 0.1) is 18.4 Å². The number of nitrogens with zero attached hydrogens (tertiary/aromatic N) is 1. The van der Waals surface area contributed by atoms with E-state index >= 15 is 0 Å². The molecule has 0 saturated carbocycles. The van der Waals surface area contributed by atoms with Crippen LogP contribution in [0.15, 0.2) is 53.4 Å². The first-order chi connectivity index (χ1) is 12.9. The second-order valence-corrected chi connectivity index (χ2v) is 8.52. The van der Waals surface area contributed by atoms with Gasteiger partial charge >= 0.3 is 5.97 Å². The number of carbonyl (C=O) groups excluding carboxylic acids is 1. The number of rotatable bonds is 5. The summed E-state index contributed by atoms with van der Waals surface area (Å²) in [6, 6.07) is 12.6. The van der Waals surface area contributed by atoms with Crippen molar-refractivity contribution < 1.29 is 22.3 Å². The fourth-order valence-corrected chi connectivity index (χ4v) is 4.95. The highest BCUT2D eigenvalue weighted by Gasteiger charge is 2.30. The molecule has 0 amide bonds. The lowest BCUT2D eigenvalue weighted by Crippen LogP contribution is -2.38. The first-order valence-corrected chi connectivity index (χ1v) is 10.3. The SMILES string of the molecule is COC(=O)Cc1ccccc1C1CCN(S(=O)(=O)c2ccc(F)cc2)CC1. The lowest BCUT2D eigenvalue weighted by molar-refractivity contribution is -0.139. The smallest absolute Gasteiger partial charge is 0.309 e. The molecule has 144 valence electrons. The van der Waals surface area contributed by atoms with E-state index < -0.39 is 15.8 Å². The molecule has 1 saturated heterocycles. The maximum absolute atomic E-state index is 13.1. The van der Waals surface area contributed by atoms with Gasteiger partial charge in [0.25, 0.3) is 0 Å². The number of carbonyl (C=O) groups is 1. The largest absolute Gasteiger partial charge is 0.469 e. The van der Waals surface area contributed by atoms with Gasteiger partial charge < -0.3 is 4.74 Å². The van der Waals surface area contributed by atoms with Gasteiger partial charge in [-0.15, -0.1) is 0 Å². The molecule has 1 aliphatic rings. The van der Waals surface area contributed by atoms with Crippen LogP contribution in [0.1, 0.15) is 29.9 Å². The Hall–Kier alpha value is -2.25. The summed E-state index contributed by atoms with van der Waals surface area (Å²) in [5, 5.41) is 0. The van der Waals surface area contributed by atoms with Crippen LogP contribution in [0.2, 0.25) is 0 Å². The van der Waals surface area contributed by atoms with Crippen molar-refractivity contribution in [3.05, 3.63) is 65.5 Å². The normalized spacial score (nSPS) is 16.2. The zero-order valence-electron chi connectivity index (χ0n) is 15.1.